The van der Waals surface area contributed by atoms with Crippen molar-refractivity contribution in [2.75, 3.05) is 34.1 Å². The fourth-order valence-electron chi connectivity index (χ4n) is 5.46. The minimum atomic E-state index is -3.07. The highest BCUT2D eigenvalue weighted by molar-refractivity contribution is 7.90. The van der Waals surface area contributed by atoms with Crippen LogP contribution in [0, 0.1) is 11.3 Å². The second kappa shape index (κ2) is 14.8. The van der Waals surface area contributed by atoms with Gasteiger partial charge in [0.05, 0.1) is 18.1 Å². The number of aryl methyl sites for hydroxylation is 1. The maximum absolute atomic E-state index is 13.7. The van der Waals surface area contributed by atoms with Crippen LogP contribution in [0.1, 0.15) is 43.2 Å². The number of benzene rings is 1. The van der Waals surface area contributed by atoms with Crippen LogP contribution in [0.4, 0.5) is 22.4 Å². The van der Waals surface area contributed by atoms with Crippen LogP contribution in [-0.2, 0) is 23.4 Å². The van der Waals surface area contributed by atoms with Crippen molar-refractivity contribution in [3.8, 4) is 17.2 Å². The van der Waals surface area contributed by atoms with Crippen LogP contribution in [0.3, 0.4) is 0 Å². The summed E-state index contributed by atoms with van der Waals surface area (Å²) in [7, 11) is -1.21. The van der Waals surface area contributed by atoms with Gasteiger partial charge < -0.3 is 16.0 Å². The van der Waals surface area contributed by atoms with E-state index in [1.165, 1.54) is 12.5 Å². The Morgan fingerprint density at radius 2 is 1.83 bits per heavy atom. The summed E-state index contributed by atoms with van der Waals surface area (Å²) < 4.78 is 24.6. The van der Waals surface area contributed by atoms with E-state index in [2.05, 4.69) is 37.1 Å². The average molecular weight is 643 g/mol. The number of urea groups is 1. The van der Waals surface area contributed by atoms with Gasteiger partial charge in [-0.1, -0.05) is 30.3 Å². The van der Waals surface area contributed by atoms with Gasteiger partial charge in [0, 0.05) is 62.0 Å². The average Bonchev–Trinajstić information content (AvgIpc) is 3.49. The molecule has 3 heterocycles. The van der Waals surface area contributed by atoms with Crippen LogP contribution in [0.15, 0.2) is 67.3 Å². The summed E-state index contributed by atoms with van der Waals surface area (Å²) >= 11 is 0. The number of sulfone groups is 1. The molecule has 14 heteroatoms. The van der Waals surface area contributed by atoms with E-state index in [0.29, 0.717) is 37.1 Å². The zero-order valence-corrected chi connectivity index (χ0v) is 26.7. The molecule has 0 aliphatic heterocycles. The Morgan fingerprint density at radius 3 is 2.48 bits per heavy atom. The smallest absolute Gasteiger partial charge is 0.323 e. The predicted octanol–water partition coefficient (Wildman–Crippen LogP) is 4.13. The van der Waals surface area contributed by atoms with Gasteiger partial charge in [-0.2, -0.15) is 15.3 Å². The van der Waals surface area contributed by atoms with Crippen molar-refractivity contribution in [2.24, 2.45) is 7.05 Å². The zero-order chi connectivity index (χ0) is 32.5. The van der Waals surface area contributed by atoms with Crippen molar-refractivity contribution in [1.29, 1.82) is 5.26 Å². The van der Waals surface area contributed by atoms with Crippen LogP contribution in [-0.4, -0.2) is 69.8 Å². The van der Waals surface area contributed by atoms with Crippen molar-refractivity contribution in [2.45, 2.75) is 50.7 Å². The molecule has 0 atom stereocenters. The maximum Gasteiger partial charge on any atom is 0.323 e. The van der Waals surface area contributed by atoms with Crippen LogP contribution in [0.2, 0.25) is 0 Å². The van der Waals surface area contributed by atoms with Gasteiger partial charge in [-0.15, -0.1) is 0 Å². The van der Waals surface area contributed by atoms with Gasteiger partial charge in [-0.25, -0.2) is 23.2 Å². The Labute approximate surface area is 269 Å². The number of aromatic nitrogens is 5. The van der Waals surface area contributed by atoms with Gasteiger partial charge in [0.1, 0.15) is 33.1 Å². The number of amides is 2. The Balaban J connectivity index is 1.25. The number of rotatable bonds is 12. The van der Waals surface area contributed by atoms with Crippen LogP contribution < -0.4 is 20.9 Å². The predicted molar refractivity (Wildman–Crippen MR) is 177 cm³/mol. The normalized spacial score (nSPS) is 16.3. The lowest BCUT2D eigenvalue weighted by Crippen LogP contribution is -2.49. The number of pyridine rings is 1. The fourth-order valence-corrected chi connectivity index (χ4v) is 6.12. The number of hydrogen-bond acceptors (Lipinski definition) is 10. The van der Waals surface area contributed by atoms with Crippen molar-refractivity contribution >= 4 is 33.5 Å². The molecule has 4 aromatic rings. The lowest BCUT2D eigenvalue weighted by Gasteiger charge is -2.36. The van der Waals surface area contributed by atoms with Gasteiger partial charge in [0.15, 0.2) is 0 Å². The second-order valence-corrected chi connectivity index (χ2v) is 13.7. The number of nitrogens with zero attached hydrogens (tertiary/aromatic N) is 7. The number of anilines is 3. The molecule has 3 N–H and O–H groups in total. The third kappa shape index (κ3) is 8.79. The Hall–Kier alpha value is -5.03. The Kier molecular flexibility index (Phi) is 10.4. The molecule has 13 nitrogen and oxygen atoms in total. The number of carbonyl (C=O) groups excluding carboxylic acids is 1. The van der Waals surface area contributed by atoms with Crippen molar-refractivity contribution in [3.05, 3.63) is 78.4 Å². The van der Waals surface area contributed by atoms with Crippen LogP contribution in [0.25, 0.3) is 11.1 Å². The SMILES string of the molecule is Cn1cc(-c2ccc(N(C(=O)NCc3ccccc3)[C@H]3CC[C@H](Nc4ncc(C#N)c(NCCCS(C)(=O)=O)n4)CC3)nc2)cn1. The number of nitriles is 1. The van der Waals surface area contributed by atoms with E-state index in [9.17, 15) is 18.5 Å². The minimum absolute atomic E-state index is 0.0484. The molecule has 1 aliphatic rings. The molecule has 1 fully saturated rings. The summed E-state index contributed by atoms with van der Waals surface area (Å²) in [4.78, 5) is 28.9. The second-order valence-electron chi connectivity index (χ2n) is 11.4. The Bertz CT molecular complexity index is 1760. The molecule has 1 saturated carbocycles. The molecule has 240 valence electrons. The molecule has 46 heavy (non-hydrogen) atoms. The van der Waals surface area contributed by atoms with E-state index < -0.39 is 9.84 Å². The van der Waals surface area contributed by atoms with E-state index >= 15 is 0 Å². The lowest BCUT2D eigenvalue weighted by molar-refractivity contribution is 0.240. The topological polar surface area (TPSA) is 171 Å². The number of hydrogen-bond donors (Lipinski definition) is 3. The standard InChI is InChI=1S/C32H38N10O3S/c1-41-22-26(21-38-41)24-9-14-29(35-19-24)42(32(43)37-18-23-7-4-3-5-8-23)28-12-10-27(11-13-28)39-31-36-20-25(17-33)30(40-31)34-15-6-16-46(2,44)45/h3-5,7-9,14,19-22,27-28H,6,10-13,15-16,18H2,1-2H3,(H,37,43)(H2,34,36,39,40)/t27-,28-. The van der Waals surface area contributed by atoms with Gasteiger partial charge in [0.2, 0.25) is 5.95 Å². The largest absolute Gasteiger partial charge is 0.369 e. The quantitative estimate of drug-likeness (QED) is 0.191. The molecular weight excluding hydrogens is 604 g/mol. The molecule has 2 amide bonds. The molecule has 0 saturated heterocycles. The molecular formula is C32H38N10O3S. The molecule has 1 aliphatic carbocycles. The van der Waals surface area contributed by atoms with Crippen molar-refractivity contribution < 1.29 is 13.2 Å². The lowest BCUT2D eigenvalue weighted by atomic mass is 9.90. The minimum Gasteiger partial charge on any atom is -0.369 e. The summed E-state index contributed by atoms with van der Waals surface area (Å²) in [6.07, 6.45) is 11.5. The van der Waals surface area contributed by atoms with E-state index in [4.69, 9.17) is 4.98 Å². The maximum atomic E-state index is 13.7. The van der Waals surface area contributed by atoms with E-state index in [0.717, 1.165) is 42.4 Å². The molecule has 3 aromatic heterocycles. The first-order chi connectivity index (χ1) is 22.2. The zero-order valence-electron chi connectivity index (χ0n) is 25.9. The number of nitrogens with one attached hydrogen (secondary N) is 3. The summed E-state index contributed by atoms with van der Waals surface area (Å²) in [5, 5.41) is 23.2. The highest BCUT2D eigenvalue weighted by atomic mass is 32.2. The molecule has 0 bridgehead atoms. The molecule has 0 radical (unpaired) electrons. The Morgan fingerprint density at radius 1 is 1.04 bits per heavy atom. The van der Waals surface area contributed by atoms with Crippen LogP contribution in [0.5, 0.6) is 0 Å². The van der Waals surface area contributed by atoms with Gasteiger partial charge >= 0.3 is 6.03 Å². The van der Waals surface area contributed by atoms with Crippen LogP contribution >= 0.6 is 0 Å². The first kappa shape index (κ1) is 32.4. The van der Waals surface area contributed by atoms with E-state index in [1.54, 1.807) is 22.0 Å². The van der Waals surface area contributed by atoms with Crippen molar-refractivity contribution in [1.82, 2.24) is 30.0 Å². The molecule has 1 aromatic carbocycles. The molecule has 0 unspecified atom stereocenters. The first-order valence-electron chi connectivity index (χ1n) is 15.2. The summed E-state index contributed by atoms with van der Waals surface area (Å²) in [6, 6.07) is 15.5. The highest BCUT2D eigenvalue weighted by Crippen LogP contribution is 2.30. The van der Waals surface area contributed by atoms with Gasteiger partial charge in [0.25, 0.3) is 0 Å². The third-order valence-electron chi connectivity index (χ3n) is 7.83. The monoisotopic (exact) mass is 642 g/mol. The molecule has 0 spiro atoms. The van der Waals surface area contributed by atoms with Gasteiger partial charge in [-0.3, -0.25) is 9.58 Å². The summed E-state index contributed by atoms with van der Waals surface area (Å²) in [5.41, 5.74) is 3.16. The third-order valence-corrected chi connectivity index (χ3v) is 8.86. The fraction of sp³-hybridized carbons (Fsp3) is 0.375. The first-order valence-corrected chi connectivity index (χ1v) is 17.3. The van der Waals surface area contributed by atoms with E-state index in [-0.39, 0.29) is 29.4 Å². The number of carbonyl (C=O) groups is 1. The van der Waals surface area contributed by atoms with Crippen molar-refractivity contribution in [3.63, 3.8) is 0 Å². The van der Waals surface area contributed by atoms with Gasteiger partial charge in [-0.05, 0) is 49.8 Å². The van der Waals surface area contributed by atoms with E-state index in [1.807, 2.05) is 55.7 Å². The molecule has 5 rings (SSSR count). The highest BCUT2D eigenvalue weighted by Gasteiger charge is 2.31. The summed E-state index contributed by atoms with van der Waals surface area (Å²) in [5.74, 6) is 1.38. The summed E-state index contributed by atoms with van der Waals surface area (Å²) in [6.45, 7) is 0.768.